The molecule has 0 aromatic carbocycles. The van der Waals surface area contributed by atoms with E-state index >= 15 is 0 Å². The van der Waals surface area contributed by atoms with Crippen molar-refractivity contribution in [2.45, 2.75) is 19.0 Å². The molecule has 0 aliphatic carbocycles. The van der Waals surface area contributed by atoms with Gasteiger partial charge in [0.05, 0.1) is 12.1 Å². The van der Waals surface area contributed by atoms with E-state index < -0.39 is 12.0 Å². The fourth-order valence-corrected chi connectivity index (χ4v) is 2.28. The van der Waals surface area contributed by atoms with Gasteiger partial charge in [0.2, 0.25) is 5.91 Å². The van der Waals surface area contributed by atoms with Crippen molar-refractivity contribution in [3.8, 4) is 0 Å². The van der Waals surface area contributed by atoms with Gasteiger partial charge >= 0.3 is 5.97 Å². The zero-order valence-electron chi connectivity index (χ0n) is 10.2. The Kier molecular flexibility index (Phi) is 4.49. The van der Waals surface area contributed by atoms with Crippen LogP contribution in [0.25, 0.3) is 0 Å². The number of halogens is 1. The number of aromatic nitrogens is 1. The topological polar surface area (TPSA) is 82.5 Å². The van der Waals surface area contributed by atoms with Crippen molar-refractivity contribution in [3.63, 3.8) is 0 Å². The fraction of sp³-hybridized carbons (Fsp3) is 0.417. The number of amides is 1. The van der Waals surface area contributed by atoms with Crippen LogP contribution in [0.1, 0.15) is 12.1 Å². The Bertz CT molecular complexity index is 478. The molecule has 1 aliphatic heterocycles. The second kappa shape index (κ2) is 6.12. The van der Waals surface area contributed by atoms with Gasteiger partial charge in [0, 0.05) is 30.3 Å². The highest BCUT2D eigenvalue weighted by molar-refractivity contribution is 9.10. The van der Waals surface area contributed by atoms with E-state index in [1.807, 2.05) is 17.0 Å². The van der Waals surface area contributed by atoms with Gasteiger partial charge in [-0.2, -0.15) is 0 Å². The predicted molar refractivity (Wildman–Crippen MR) is 71.4 cm³/mol. The molecule has 2 N–H and O–H groups in total. The molecule has 0 radical (unpaired) electrons. The van der Waals surface area contributed by atoms with Crippen LogP contribution in [-0.4, -0.2) is 46.0 Å². The van der Waals surface area contributed by atoms with Crippen molar-refractivity contribution in [2.75, 3.05) is 13.1 Å². The van der Waals surface area contributed by atoms with E-state index in [1.165, 1.54) is 0 Å². The maximum atomic E-state index is 11.7. The molecule has 0 spiro atoms. The molecule has 2 heterocycles. The van der Waals surface area contributed by atoms with Crippen molar-refractivity contribution in [2.24, 2.45) is 0 Å². The highest BCUT2D eigenvalue weighted by Gasteiger charge is 2.31. The van der Waals surface area contributed by atoms with E-state index in [0.29, 0.717) is 19.6 Å². The molecule has 1 aliphatic rings. The number of carbonyl (C=O) groups is 2. The average molecular weight is 328 g/mol. The Labute approximate surface area is 118 Å². The zero-order valence-corrected chi connectivity index (χ0v) is 11.8. The zero-order chi connectivity index (χ0) is 13.8. The molecule has 0 bridgehead atoms. The van der Waals surface area contributed by atoms with E-state index in [0.717, 1.165) is 10.2 Å². The average Bonchev–Trinajstić information content (AvgIpc) is 2.36. The summed E-state index contributed by atoms with van der Waals surface area (Å²) in [5.41, 5.74) is 0.813. The monoisotopic (exact) mass is 327 g/mol. The van der Waals surface area contributed by atoms with Gasteiger partial charge in [-0.3, -0.25) is 19.5 Å². The van der Waals surface area contributed by atoms with Crippen molar-refractivity contribution in [1.29, 1.82) is 0 Å². The molecular weight excluding hydrogens is 314 g/mol. The number of hydrogen-bond donors (Lipinski definition) is 2. The van der Waals surface area contributed by atoms with Crippen molar-refractivity contribution >= 4 is 27.8 Å². The summed E-state index contributed by atoms with van der Waals surface area (Å²) < 4.78 is 0.884. The molecule has 1 saturated heterocycles. The molecule has 1 amide bonds. The first-order valence-electron chi connectivity index (χ1n) is 5.90. The molecule has 19 heavy (non-hydrogen) atoms. The van der Waals surface area contributed by atoms with E-state index in [9.17, 15) is 9.59 Å². The number of nitrogens with zero attached hydrogens (tertiary/aromatic N) is 2. The smallest absolute Gasteiger partial charge is 0.305 e. The molecule has 2 rings (SSSR count). The number of piperazine rings is 1. The van der Waals surface area contributed by atoms with Gasteiger partial charge in [-0.15, -0.1) is 0 Å². The minimum atomic E-state index is -0.976. The Hall–Kier alpha value is -1.47. The van der Waals surface area contributed by atoms with E-state index in [4.69, 9.17) is 5.11 Å². The predicted octanol–water partition coefficient (Wildman–Crippen LogP) is 0.619. The number of carboxylic acids is 1. The van der Waals surface area contributed by atoms with Crippen LogP contribution in [0.3, 0.4) is 0 Å². The lowest BCUT2D eigenvalue weighted by Crippen LogP contribution is -2.55. The molecule has 7 heteroatoms. The summed E-state index contributed by atoms with van der Waals surface area (Å²) in [6, 6.07) is 3.10. The second-order valence-electron chi connectivity index (χ2n) is 4.34. The molecule has 1 fully saturated rings. The summed E-state index contributed by atoms with van der Waals surface area (Å²) in [6.07, 6.45) is 1.49. The Balaban J connectivity index is 2.09. The standard InChI is InChI=1S/C12H14BrN3O3/c13-8-1-2-9(15-6-8)7-16-4-3-14-12(19)10(16)5-11(17)18/h1-2,6,10H,3-5,7H2,(H,14,19)(H,17,18). The fourth-order valence-electron chi connectivity index (χ4n) is 2.05. The van der Waals surface area contributed by atoms with Crippen molar-refractivity contribution < 1.29 is 14.7 Å². The van der Waals surface area contributed by atoms with Crippen molar-refractivity contribution in [1.82, 2.24) is 15.2 Å². The lowest BCUT2D eigenvalue weighted by atomic mass is 10.1. The first-order valence-corrected chi connectivity index (χ1v) is 6.69. The molecule has 1 aromatic rings. The van der Waals surface area contributed by atoms with E-state index in [-0.39, 0.29) is 12.3 Å². The summed E-state index contributed by atoms with van der Waals surface area (Å²) in [5.74, 6) is -1.21. The molecular formula is C12H14BrN3O3. The summed E-state index contributed by atoms with van der Waals surface area (Å²) in [4.78, 5) is 28.7. The molecule has 1 aromatic heterocycles. The van der Waals surface area contributed by atoms with Crippen LogP contribution in [0.15, 0.2) is 22.8 Å². The van der Waals surface area contributed by atoms with E-state index in [1.54, 1.807) is 6.20 Å². The number of aliphatic carboxylic acids is 1. The Morgan fingerprint density at radius 2 is 2.37 bits per heavy atom. The number of carbonyl (C=O) groups excluding carboxylic acids is 1. The van der Waals surface area contributed by atoms with Crippen LogP contribution in [0, 0.1) is 0 Å². The lowest BCUT2D eigenvalue weighted by molar-refractivity contribution is -0.143. The quantitative estimate of drug-likeness (QED) is 0.847. The number of nitrogens with one attached hydrogen (secondary N) is 1. The van der Waals surface area contributed by atoms with Crippen LogP contribution >= 0.6 is 15.9 Å². The summed E-state index contributed by atoms with van der Waals surface area (Å²) in [5, 5.41) is 11.6. The van der Waals surface area contributed by atoms with Crippen LogP contribution < -0.4 is 5.32 Å². The maximum absolute atomic E-state index is 11.7. The maximum Gasteiger partial charge on any atom is 0.305 e. The number of pyridine rings is 1. The van der Waals surface area contributed by atoms with Gasteiger partial charge in [-0.25, -0.2) is 0 Å². The second-order valence-corrected chi connectivity index (χ2v) is 5.26. The highest BCUT2D eigenvalue weighted by Crippen LogP contribution is 2.14. The van der Waals surface area contributed by atoms with Crippen LogP contribution in [0.4, 0.5) is 0 Å². The van der Waals surface area contributed by atoms with Gasteiger partial charge in [0.15, 0.2) is 0 Å². The van der Waals surface area contributed by atoms with Gasteiger partial charge in [0.1, 0.15) is 6.04 Å². The summed E-state index contributed by atoms with van der Waals surface area (Å²) in [6.45, 7) is 1.63. The Morgan fingerprint density at radius 3 is 3.00 bits per heavy atom. The molecule has 1 atom stereocenters. The first kappa shape index (κ1) is 14.0. The molecule has 6 nitrogen and oxygen atoms in total. The molecule has 1 unspecified atom stereocenters. The normalized spacial score (nSPS) is 20.1. The van der Waals surface area contributed by atoms with Gasteiger partial charge < -0.3 is 10.4 Å². The van der Waals surface area contributed by atoms with Crippen LogP contribution in [0.5, 0.6) is 0 Å². The summed E-state index contributed by atoms with van der Waals surface area (Å²) in [7, 11) is 0. The van der Waals surface area contributed by atoms with Crippen LogP contribution in [0.2, 0.25) is 0 Å². The van der Waals surface area contributed by atoms with Gasteiger partial charge in [-0.05, 0) is 28.1 Å². The van der Waals surface area contributed by atoms with Crippen LogP contribution in [-0.2, 0) is 16.1 Å². The SMILES string of the molecule is O=C(O)CC1C(=O)NCCN1Cc1ccc(Br)cn1. The minimum absolute atomic E-state index is 0.192. The van der Waals surface area contributed by atoms with Crippen molar-refractivity contribution in [3.05, 3.63) is 28.5 Å². The van der Waals surface area contributed by atoms with E-state index in [2.05, 4.69) is 26.2 Å². The lowest BCUT2D eigenvalue weighted by Gasteiger charge is -2.33. The van der Waals surface area contributed by atoms with Gasteiger partial charge in [0.25, 0.3) is 0 Å². The number of hydrogen-bond acceptors (Lipinski definition) is 4. The summed E-state index contributed by atoms with van der Waals surface area (Å²) >= 11 is 3.31. The first-order chi connectivity index (χ1) is 9.06. The number of rotatable bonds is 4. The third-order valence-corrected chi connectivity index (χ3v) is 3.43. The van der Waals surface area contributed by atoms with Gasteiger partial charge in [-0.1, -0.05) is 0 Å². The Morgan fingerprint density at radius 1 is 1.58 bits per heavy atom. The third-order valence-electron chi connectivity index (χ3n) is 2.96. The third kappa shape index (κ3) is 3.74. The minimum Gasteiger partial charge on any atom is -0.481 e. The number of carboxylic acid groups (broad SMARTS) is 1. The molecule has 102 valence electrons. The molecule has 0 saturated carbocycles. The highest BCUT2D eigenvalue weighted by atomic mass is 79.9. The largest absolute Gasteiger partial charge is 0.481 e.